The van der Waals surface area contributed by atoms with Gasteiger partial charge in [0.2, 0.25) is 5.91 Å². The number of rotatable bonds is 8. The van der Waals surface area contributed by atoms with E-state index in [0.717, 1.165) is 48.6 Å². The first-order chi connectivity index (χ1) is 14.9. The smallest absolute Gasteiger partial charge is 0.241 e. The number of carbonyl (C=O) groups excluding carboxylic acids is 1. The molecule has 3 N–H and O–H groups in total. The third-order valence-corrected chi connectivity index (χ3v) is 7.65. The number of hydrogen-bond acceptors (Lipinski definition) is 3. The van der Waals surface area contributed by atoms with Gasteiger partial charge in [-0.15, -0.1) is 0 Å². The van der Waals surface area contributed by atoms with Gasteiger partial charge >= 0.3 is 0 Å². The molecular weight excluding hydrogens is 429 g/mol. The third-order valence-electron chi connectivity index (χ3n) is 7.10. The molecule has 0 bridgehead atoms. The Bertz CT molecular complexity index is 795. The largest absolute Gasteiger partial charge is 0.358 e. The van der Waals surface area contributed by atoms with E-state index in [0.29, 0.717) is 16.0 Å². The number of anilines is 1. The number of benzene rings is 1. The van der Waals surface area contributed by atoms with E-state index >= 15 is 0 Å². The van der Waals surface area contributed by atoms with E-state index in [4.69, 9.17) is 23.2 Å². The lowest BCUT2D eigenvalue weighted by atomic mass is 9.77. The van der Waals surface area contributed by atoms with Crippen molar-refractivity contribution in [1.82, 2.24) is 10.6 Å². The van der Waals surface area contributed by atoms with Gasteiger partial charge in [-0.25, -0.2) is 0 Å². The molecule has 3 rings (SSSR count). The zero-order chi connectivity index (χ0) is 22.4. The molecule has 0 radical (unpaired) electrons. The standard InChI is InChI=1S/C25H37Cl2N3O/c1-4-17-8-7-9-18(14-17)16(2)29-25(31)24(28-3)20-10-5-6-11-22(20)30-23-13-12-19(26)15-21(23)27/h12-13,15-18,24,28,30H,4-11,14H2,1-3H3,(H,29,31). The van der Waals surface area contributed by atoms with Crippen LogP contribution in [-0.2, 0) is 4.79 Å². The van der Waals surface area contributed by atoms with E-state index in [2.05, 4.69) is 29.8 Å². The highest BCUT2D eigenvalue weighted by atomic mass is 35.5. The Labute approximate surface area is 197 Å². The van der Waals surface area contributed by atoms with Gasteiger partial charge in [-0.1, -0.05) is 49.4 Å². The molecule has 0 aromatic heterocycles. The van der Waals surface area contributed by atoms with Gasteiger partial charge in [0.25, 0.3) is 0 Å². The summed E-state index contributed by atoms with van der Waals surface area (Å²) >= 11 is 12.4. The number of halogens is 2. The quantitative estimate of drug-likeness (QED) is 0.408. The molecule has 1 aromatic carbocycles. The maximum Gasteiger partial charge on any atom is 0.241 e. The zero-order valence-electron chi connectivity index (χ0n) is 19.1. The molecule has 2 aliphatic carbocycles. The highest BCUT2D eigenvalue weighted by molar-refractivity contribution is 6.36. The van der Waals surface area contributed by atoms with Gasteiger partial charge in [0.1, 0.15) is 6.04 Å². The molecule has 0 spiro atoms. The van der Waals surface area contributed by atoms with Crippen molar-refractivity contribution >= 4 is 34.8 Å². The summed E-state index contributed by atoms with van der Waals surface area (Å²) in [6, 6.07) is 5.34. The Balaban J connectivity index is 1.73. The van der Waals surface area contributed by atoms with Crippen LogP contribution in [-0.4, -0.2) is 25.0 Å². The molecule has 6 heteroatoms. The summed E-state index contributed by atoms with van der Waals surface area (Å²) in [4.78, 5) is 13.3. The molecule has 1 fully saturated rings. The molecule has 2 aliphatic rings. The first-order valence-corrected chi connectivity index (χ1v) is 12.6. The van der Waals surface area contributed by atoms with E-state index in [-0.39, 0.29) is 18.0 Å². The molecule has 1 aromatic rings. The molecule has 4 nitrogen and oxygen atoms in total. The highest BCUT2D eigenvalue weighted by Crippen LogP contribution is 2.34. The molecule has 0 saturated heterocycles. The van der Waals surface area contributed by atoms with Crippen LogP contribution in [0.5, 0.6) is 0 Å². The van der Waals surface area contributed by atoms with Crippen molar-refractivity contribution in [2.24, 2.45) is 11.8 Å². The predicted octanol–water partition coefficient (Wildman–Crippen LogP) is 6.54. The van der Waals surface area contributed by atoms with Crippen LogP contribution < -0.4 is 16.0 Å². The number of allylic oxidation sites excluding steroid dienone is 1. The predicted molar refractivity (Wildman–Crippen MR) is 132 cm³/mol. The van der Waals surface area contributed by atoms with E-state index in [1.54, 1.807) is 6.07 Å². The van der Waals surface area contributed by atoms with E-state index in [1.165, 1.54) is 32.1 Å². The maximum atomic E-state index is 13.3. The normalized spacial score (nSPS) is 23.9. The van der Waals surface area contributed by atoms with Crippen molar-refractivity contribution < 1.29 is 4.79 Å². The van der Waals surface area contributed by atoms with Gasteiger partial charge in [-0.2, -0.15) is 0 Å². The molecule has 1 saturated carbocycles. The van der Waals surface area contributed by atoms with Gasteiger partial charge in [-0.05, 0) is 88.1 Å². The van der Waals surface area contributed by atoms with Crippen LogP contribution >= 0.6 is 23.2 Å². The average Bonchev–Trinajstić information content (AvgIpc) is 2.77. The van der Waals surface area contributed by atoms with Gasteiger partial charge in [0.15, 0.2) is 0 Å². The molecule has 0 heterocycles. The number of carbonyl (C=O) groups is 1. The number of hydrogen-bond donors (Lipinski definition) is 3. The molecule has 1 amide bonds. The van der Waals surface area contributed by atoms with Crippen molar-refractivity contribution in [3.8, 4) is 0 Å². The van der Waals surface area contributed by atoms with Crippen molar-refractivity contribution in [1.29, 1.82) is 0 Å². The summed E-state index contributed by atoms with van der Waals surface area (Å²) in [7, 11) is 1.87. The number of likely N-dealkylation sites (N-methyl/N-ethyl adjacent to an activating group) is 1. The Hall–Kier alpha value is -1.23. The Morgan fingerprint density at radius 1 is 1.16 bits per heavy atom. The van der Waals surface area contributed by atoms with Crippen molar-refractivity contribution in [3.63, 3.8) is 0 Å². The zero-order valence-corrected chi connectivity index (χ0v) is 20.6. The van der Waals surface area contributed by atoms with Crippen LogP contribution in [0.1, 0.15) is 71.6 Å². The molecule has 4 unspecified atom stereocenters. The van der Waals surface area contributed by atoms with E-state index in [1.807, 2.05) is 19.2 Å². The minimum absolute atomic E-state index is 0.0759. The maximum absolute atomic E-state index is 13.3. The van der Waals surface area contributed by atoms with Crippen molar-refractivity contribution in [3.05, 3.63) is 39.5 Å². The fourth-order valence-electron chi connectivity index (χ4n) is 5.19. The molecule has 0 aliphatic heterocycles. The minimum atomic E-state index is -0.332. The molecular formula is C25H37Cl2N3O. The number of amides is 1. The lowest BCUT2D eigenvalue weighted by Gasteiger charge is -2.34. The molecule has 4 atom stereocenters. The van der Waals surface area contributed by atoms with Crippen LogP contribution in [0.2, 0.25) is 10.0 Å². The first-order valence-electron chi connectivity index (χ1n) is 11.8. The molecule has 172 valence electrons. The van der Waals surface area contributed by atoms with Gasteiger partial charge in [0, 0.05) is 16.8 Å². The monoisotopic (exact) mass is 465 g/mol. The third kappa shape index (κ3) is 6.40. The summed E-state index contributed by atoms with van der Waals surface area (Å²) in [6.45, 7) is 4.46. The summed E-state index contributed by atoms with van der Waals surface area (Å²) in [6.07, 6.45) is 10.3. The average molecular weight is 466 g/mol. The second kappa shape index (κ2) is 11.6. The summed E-state index contributed by atoms with van der Waals surface area (Å²) in [5, 5.41) is 11.3. The van der Waals surface area contributed by atoms with E-state index < -0.39 is 0 Å². The van der Waals surface area contributed by atoms with Crippen LogP contribution in [0.3, 0.4) is 0 Å². The lowest BCUT2D eigenvalue weighted by molar-refractivity contribution is -0.123. The number of nitrogens with one attached hydrogen (secondary N) is 3. The fraction of sp³-hybridized carbons (Fsp3) is 0.640. The molecule has 31 heavy (non-hydrogen) atoms. The first kappa shape index (κ1) is 24.4. The van der Waals surface area contributed by atoms with Gasteiger partial charge < -0.3 is 16.0 Å². The SMILES string of the molecule is CCC1CCCC(C(C)NC(=O)C(NC)C2=C(Nc3ccc(Cl)cc3Cl)CCCC2)C1. The summed E-state index contributed by atoms with van der Waals surface area (Å²) in [5.41, 5.74) is 3.07. The van der Waals surface area contributed by atoms with Crippen molar-refractivity contribution in [2.75, 3.05) is 12.4 Å². The van der Waals surface area contributed by atoms with Crippen LogP contribution in [0.4, 0.5) is 5.69 Å². The topological polar surface area (TPSA) is 53.2 Å². The Morgan fingerprint density at radius 2 is 1.94 bits per heavy atom. The van der Waals surface area contributed by atoms with Crippen LogP contribution in [0.25, 0.3) is 0 Å². The second-order valence-corrected chi connectivity index (χ2v) is 10.0. The minimum Gasteiger partial charge on any atom is -0.358 e. The van der Waals surface area contributed by atoms with Gasteiger partial charge in [0.05, 0.1) is 10.7 Å². The van der Waals surface area contributed by atoms with Crippen LogP contribution in [0.15, 0.2) is 29.5 Å². The van der Waals surface area contributed by atoms with Crippen molar-refractivity contribution in [2.45, 2.75) is 83.7 Å². The van der Waals surface area contributed by atoms with Gasteiger partial charge in [-0.3, -0.25) is 4.79 Å². The van der Waals surface area contributed by atoms with Crippen LogP contribution in [0, 0.1) is 11.8 Å². The summed E-state index contributed by atoms with van der Waals surface area (Å²) < 4.78 is 0. The Kier molecular flexibility index (Phi) is 9.12. The fourth-order valence-corrected chi connectivity index (χ4v) is 5.65. The highest BCUT2D eigenvalue weighted by Gasteiger charge is 2.30. The lowest BCUT2D eigenvalue weighted by Crippen LogP contribution is -2.50. The second-order valence-electron chi connectivity index (χ2n) is 9.18. The summed E-state index contributed by atoms with van der Waals surface area (Å²) in [5.74, 6) is 1.46. The Morgan fingerprint density at radius 3 is 2.65 bits per heavy atom. The van der Waals surface area contributed by atoms with E-state index in [9.17, 15) is 4.79 Å².